The highest BCUT2D eigenvalue weighted by molar-refractivity contribution is 5.78. The molecule has 1 aliphatic heterocycles. The SMILES string of the molecule is COc1ccc(CCC(=O)NC2COCC2C(=O)O)cc1. The Bertz CT molecular complexity index is 499. The molecule has 1 fully saturated rings. The Morgan fingerprint density at radius 3 is 2.67 bits per heavy atom. The van der Waals surface area contributed by atoms with E-state index < -0.39 is 17.9 Å². The van der Waals surface area contributed by atoms with Crippen LogP contribution in [-0.2, 0) is 20.7 Å². The molecule has 1 saturated heterocycles. The van der Waals surface area contributed by atoms with Gasteiger partial charge in [-0.05, 0) is 24.1 Å². The summed E-state index contributed by atoms with van der Waals surface area (Å²) >= 11 is 0. The first kappa shape index (κ1) is 15.3. The van der Waals surface area contributed by atoms with Crippen molar-refractivity contribution in [1.29, 1.82) is 0 Å². The molecule has 1 aromatic carbocycles. The Morgan fingerprint density at radius 1 is 1.33 bits per heavy atom. The van der Waals surface area contributed by atoms with Crippen molar-refractivity contribution in [2.24, 2.45) is 5.92 Å². The van der Waals surface area contributed by atoms with Crippen LogP contribution in [0.2, 0.25) is 0 Å². The van der Waals surface area contributed by atoms with E-state index in [4.69, 9.17) is 14.6 Å². The minimum atomic E-state index is -0.937. The maximum absolute atomic E-state index is 11.9. The molecule has 1 amide bonds. The molecule has 114 valence electrons. The molecule has 0 radical (unpaired) electrons. The molecule has 21 heavy (non-hydrogen) atoms. The topological polar surface area (TPSA) is 84.9 Å². The van der Waals surface area contributed by atoms with Gasteiger partial charge in [-0.15, -0.1) is 0 Å². The van der Waals surface area contributed by atoms with E-state index in [1.807, 2.05) is 24.3 Å². The molecular formula is C15H19NO5. The van der Waals surface area contributed by atoms with E-state index in [2.05, 4.69) is 5.32 Å². The number of ether oxygens (including phenoxy) is 2. The molecule has 1 aliphatic rings. The van der Waals surface area contributed by atoms with Crippen molar-refractivity contribution in [3.8, 4) is 5.75 Å². The van der Waals surface area contributed by atoms with E-state index in [9.17, 15) is 9.59 Å². The van der Waals surface area contributed by atoms with Gasteiger partial charge in [-0.25, -0.2) is 0 Å². The van der Waals surface area contributed by atoms with Crippen LogP contribution in [0.15, 0.2) is 24.3 Å². The molecule has 0 aromatic heterocycles. The van der Waals surface area contributed by atoms with Crippen molar-refractivity contribution in [1.82, 2.24) is 5.32 Å². The minimum absolute atomic E-state index is 0.152. The van der Waals surface area contributed by atoms with Crippen molar-refractivity contribution in [3.63, 3.8) is 0 Å². The summed E-state index contributed by atoms with van der Waals surface area (Å²) in [6.45, 7) is 0.407. The first-order chi connectivity index (χ1) is 10.1. The van der Waals surface area contributed by atoms with Crippen LogP contribution in [-0.4, -0.2) is 43.3 Å². The van der Waals surface area contributed by atoms with Gasteiger partial charge >= 0.3 is 5.97 Å². The number of carbonyl (C=O) groups is 2. The molecule has 2 N–H and O–H groups in total. The summed E-state index contributed by atoms with van der Waals surface area (Å²) in [5, 5.41) is 11.7. The molecule has 0 spiro atoms. The smallest absolute Gasteiger partial charge is 0.311 e. The molecule has 6 heteroatoms. The molecule has 6 nitrogen and oxygen atoms in total. The highest BCUT2D eigenvalue weighted by Gasteiger charge is 2.34. The van der Waals surface area contributed by atoms with Crippen LogP contribution in [0.4, 0.5) is 0 Å². The number of methoxy groups -OCH3 is 1. The maximum atomic E-state index is 11.9. The van der Waals surface area contributed by atoms with Crippen LogP contribution in [0.3, 0.4) is 0 Å². The molecular weight excluding hydrogens is 274 g/mol. The lowest BCUT2D eigenvalue weighted by molar-refractivity contribution is -0.142. The first-order valence-corrected chi connectivity index (χ1v) is 6.83. The summed E-state index contributed by atoms with van der Waals surface area (Å²) < 4.78 is 10.2. The van der Waals surface area contributed by atoms with Crippen molar-refractivity contribution < 1.29 is 24.2 Å². The molecule has 2 atom stereocenters. The normalized spacial score (nSPS) is 21.0. The van der Waals surface area contributed by atoms with Crippen LogP contribution < -0.4 is 10.1 Å². The van der Waals surface area contributed by atoms with Gasteiger partial charge in [0, 0.05) is 6.42 Å². The number of hydrogen-bond donors (Lipinski definition) is 2. The monoisotopic (exact) mass is 293 g/mol. The lowest BCUT2D eigenvalue weighted by Gasteiger charge is -2.15. The molecule has 0 bridgehead atoms. The molecule has 0 saturated carbocycles. The predicted molar refractivity (Wildman–Crippen MR) is 75.2 cm³/mol. The van der Waals surface area contributed by atoms with Gasteiger partial charge in [0.05, 0.1) is 26.4 Å². The van der Waals surface area contributed by atoms with Gasteiger partial charge in [-0.1, -0.05) is 12.1 Å². The third-order valence-electron chi connectivity index (χ3n) is 3.54. The van der Waals surface area contributed by atoms with Gasteiger partial charge in [-0.3, -0.25) is 9.59 Å². The second-order valence-corrected chi connectivity index (χ2v) is 5.00. The van der Waals surface area contributed by atoms with Crippen molar-refractivity contribution in [3.05, 3.63) is 29.8 Å². The summed E-state index contributed by atoms with van der Waals surface area (Å²) in [4.78, 5) is 22.9. The van der Waals surface area contributed by atoms with Gasteiger partial charge < -0.3 is 19.9 Å². The van der Waals surface area contributed by atoms with Gasteiger partial charge in [0.1, 0.15) is 11.7 Å². The van der Waals surface area contributed by atoms with Crippen molar-refractivity contribution in [2.75, 3.05) is 20.3 Å². The van der Waals surface area contributed by atoms with Crippen molar-refractivity contribution >= 4 is 11.9 Å². The van der Waals surface area contributed by atoms with Crippen LogP contribution in [0.1, 0.15) is 12.0 Å². The third kappa shape index (κ3) is 4.19. The largest absolute Gasteiger partial charge is 0.497 e. The lowest BCUT2D eigenvalue weighted by Crippen LogP contribution is -2.42. The van der Waals surface area contributed by atoms with E-state index in [1.54, 1.807) is 7.11 Å². The number of carboxylic acids is 1. The number of aliphatic carboxylic acids is 1. The second kappa shape index (κ2) is 7.08. The fourth-order valence-electron chi connectivity index (χ4n) is 2.27. The highest BCUT2D eigenvalue weighted by Crippen LogP contribution is 2.15. The zero-order valence-electron chi connectivity index (χ0n) is 11.9. The quantitative estimate of drug-likeness (QED) is 0.812. The van der Waals surface area contributed by atoms with Gasteiger partial charge in [-0.2, -0.15) is 0 Å². The fourth-order valence-corrected chi connectivity index (χ4v) is 2.27. The number of carbonyl (C=O) groups excluding carboxylic acids is 1. The van der Waals surface area contributed by atoms with Crippen LogP contribution in [0.5, 0.6) is 5.75 Å². The van der Waals surface area contributed by atoms with Gasteiger partial charge in [0.25, 0.3) is 0 Å². The number of rotatable bonds is 6. The number of aryl methyl sites for hydroxylation is 1. The molecule has 1 aromatic rings. The summed E-state index contributed by atoms with van der Waals surface area (Å²) in [6, 6.07) is 7.07. The van der Waals surface area contributed by atoms with Gasteiger partial charge in [0.2, 0.25) is 5.91 Å². The zero-order valence-corrected chi connectivity index (χ0v) is 11.9. The standard InChI is InChI=1S/C15H19NO5/c1-20-11-5-2-10(3-6-11)4-7-14(17)16-13-9-21-8-12(13)15(18)19/h2-3,5-6,12-13H,4,7-9H2,1H3,(H,16,17)(H,18,19). The predicted octanol–water partition coefficient (Wildman–Crippen LogP) is 0.844. The molecule has 2 rings (SSSR count). The van der Waals surface area contributed by atoms with E-state index in [1.165, 1.54) is 0 Å². The average molecular weight is 293 g/mol. The van der Waals surface area contributed by atoms with E-state index >= 15 is 0 Å². The Hall–Kier alpha value is -2.08. The highest BCUT2D eigenvalue weighted by atomic mass is 16.5. The first-order valence-electron chi connectivity index (χ1n) is 6.83. The summed E-state index contributed by atoms with van der Waals surface area (Å²) in [7, 11) is 1.60. The number of amides is 1. The van der Waals surface area contributed by atoms with E-state index in [0.717, 1.165) is 11.3 Å². The Morgan fingerprint density at radius 2 is 2.05 bits per heavy atom. The Balaban J connectivity index is 1.80. The summed E-state index contributed by atoms with van der Waals surface area (Å²) in [5.74, 6) is -0.980. The van der Waals surface area contributed by atoms with E-state index in [-0.39, 0.29) is 19.1 Å². The van der Waals surface area contributed by atoms with Crippen LogP contribution in [0.25, 0.3) is 0 Å². The fraction of sp³-hybridized carbons (Fsp3) is 0.467. The van der Waals surface area contributed by atoms with Gasteiger partial charge in [0.15, 0.2) is 0 Å². The minimum Gasteiger partial charge on any atom is -0.497 e. The third-order valence-corrected chi connectivity index (χ3v) is 3.54. The molecule has 2 unspecified atom stereocenters. The second-order valence-electron chi connectivity index (χ2n) is 5.00. The summed E-state index contributed by atoms with van der Waals surface area (Å²) in [5.41, 5.74) is 1.03. The maximum Gasteiger partial charge on any atom is 0.311 e. The van der Waals surface area contributed by atoms with E-state index in [0.29, 0.717) is 12.8 Å². The number of nitrogens with one attached hydrogen (secondary N) is 1. The molecule has 1 heterocycles. The summed E-state index contributed by atoms with van der Waals surface area (Å²) in [6.07, 6.45) is 0.913. The lowest BCUT2D eigenvalue weighted by atomic mass is 10.0. The van der Waals surface area contributed by atoms with Crippen molar-refractivity contribution in [2.45, 2.75) is 18.9 Å². The number of benzene rings is 1. The number of hydrogen-bond acceptors (Lipinski definition) is 4. The molecule has 0 aliphatic carbocycles. The van der Waals surface area contributed by atoms with Crippen LogP contribution in [0, 0.1) is 5.92 Å². The Labute approximate surface area is 123 Å². The van der Waals surface area contributed by atoms with Crippen LogP contribution >= 0.6 is 0 Å². The zero-order chi connectivity index (χ0) is 15.2. The number of carboxylic acid groups (broad SMARTS) is 1. The Kier molecular flexibility index (Phi) is 5.16. The average Bonchev–Trinajstić information content (AvgIpc) is 2.94.